The van der Waals surface area contributed by atoms with E-state index in [0.29, 0.717) is 32.2 Å². The largest absolute Gasteiger partial charge is 0.444 e. The number of rotatable bonds is 8. The third-order valence-corrected chi connectivity index (χ3v) is 2.35. The summed E-state index contributed by atoms with van der Waals surface area (Å²) in [6.45, 7) is 7.25. The predicted molar refractivity (Wildman–Crippen MR) is 104 cm³/mol. The van der Waals surface area contributed by atoms with Gasteiger partial charge in [0.25, 0.3) is 0 Å². The first kappa shape index (κ1) is 24.9. The first-order valence-corrected chi connectivity index (χ1v) is 7.45. The second kappa shape index (κ2) is 14.1. The second-order valence-electron chi connectivity index (χ2n) is 5.62. The van der Waals surface area contributed by atoms with Crippen molar-refractivity contribution in [3.05, 3.63) is 0 Å². The fourth-order valence-electron chi connectivity index (χ4n) is 1.40. The summed E-state index contributed by atoms with van der Waals surface area (Å²) in [6, 6.07) is 0. The number of carbonyl (C=O) groups excluding carboxylic acids is 2. The monoisotopic (exact) mass is 459 g/mol. The fraction of sp³-hybridized carbons (Fsp3) is 0.786. The summed E-state index contributed by atoms with van der Waals surface area (Å²) in [5.41, 5.74) is -0.523. The van der Waals surface area contributed by atoms with Crippen LogP contribution in [0.15, 0.2) is 4.99 Å². The Morgan fingerprint density at radius 3 is 2.17 bits per heavy atom. The Balaban J connectivity index is 0. The zero-order valence-electron chi connectivity index (χ0n) is 15.0. The van der Waals surface area contributed by atoms with Gasteiger partial charge in [0.15, 0.2) is 5.96 Å². The maximum absolute atomic E-state index is 11.5. The van der Waals surface area contributed by atoms with E-state index in [1.165, 1.54) is 0 Å². The van der Waals surface area contributed by atoms with Crippen LogP contribution in [-0.4, -0.2) is 70.5 Å². The van der Waals surface area contributed by atoms with E-state index < -0.39 is 11.7 Å². The van der Waals surface area contributed by atoms with Crippen LogP contribution in [0, 0.1) is 0 Å². The lowest BCUT2D eigenvalue weighted by atomic mass is 10.2. The van der Waals surface area contributed by atoms with Crippen LogP contribution < -0.4 is 21.3 Å². The zero-order chi connectivity index (χ0) is 17.7. The molecular formula is C14H30IN5O4. The Morgan fingerprint density at radius 1 is 1.00 bits per heavy atom. The van der Waals surface area contributed by atoms with Crippen LogP contribution in [0.2, 0.25) is 0 Å². The van der Waals surface area contributed by atoms with Gasteiger partial charge in [0.1, 0.15) is 5.60 Å². The number of halogens is 1. The number of aliphatic imine (C=N–C) groups is 1. The minimum Gasteiger partial charge on any atom is -0.444 e. The lowest BCUT2D eigenvalue weighted by Crippen LogP contribution is -2.45. The highest BCUT2D eigenvalue weighted by Gasteiger charge is 2.15. The molecule has 0 saturated heterocycles. The van der Waals surface area contributed by atoms with Crippen LogP contribution in [0.1, 0.15) is 20.8 Å². The normalized spacial score (nSPS) is 11.1. The molecule has 0 aromatic rings. The van der Waals surface area contributed by atoms with Crippen molar-refractivity contribution in [3.8, 4) is 0 Å². The Bertz CT molecular complexity index is 399. The molecule has 0 heterocycles. The molecule has 142 valence electrons. The second-order valence-corrected chi connectivity index (χ2v) is 5.62. The quantitative estimate of drug-likeness (QED) is 0.177. The van der Waals surface area contributed by atoms with Gasteiger partial charge in [-0.05, 0) is 20.8 Å². The third kappa shape index (κ3) is 15.6. The summed E-state index contributed by atoms with van der Waals surface area (Å²) in [5, 5.41) is 11.1. The average Bonchev–Trinajstić information content (AvgIpc) is 2.45. The maximum Gasteiger partial charge on any atom is 0.407 e. The van der Waals surface area contributed by atoms with Crippen molar-refractivity contribution in [2.45, 2.75) is 26.4 Å². The number of alkyl carbamates (subject to hydrolysis) is 1. The van der Waals surface area contributed by atoms with Crippen molar-refractivity contribution in [1.82, 2.24) is 21.3 Å². The van der Waals surface area contributed by atoms with Gasteiger partial charge in [-0.2, -0.15) is 0 Å². The Hall–Kier alpha value is -1.30. The molecule has 0 saturated carbocycles. The number of ether oxygens (including phenoxy) is 2. The lowest BCUT2D eigenvalue weighted by molar-refractivity contribution is -0.120. The number of carbonyl (C=O) groups is 2. The summed E-state index contributed by atoms with van der Waals surface area (Å²) in [7, 11) is 3.17. The molecule has 0 rings (SSSR count). The van der Waals surface area contributed by atoms with Crippen molar-refractivity contribution in [3.63, 3.8) is 0 Å². The van der Waals surface area contributed by atoms with Crippen molar-refractivity contribution in [2.24, 2.45) is 4.99 Å². The Kier molecular flexibility index (Phi) is 14.6. The van der Waals surface area contributed by atoms with Crippen molar-refractivity contribution >= 4 is 41.9 Å². The topological polar surface area (TPSA) is 113 Å². The van der Waals surface area contributed by atoms with Gasteiger partial charge >= 0.3 is 6.09 Å². The maximum atomic E-state index is 11.5. The summed E-state index contributed by atoms with van der Waals surface area (Å²) in [6.07, 6.45) is -0.472. The SMILES string of the molecule is CN=C(NCCNC(=O)OC(C)(C)C)NCC(=O)NCCOC.I. The summed E-state index contributed by atoms with van der Waals surface area (Å²) in [5.74, 6) is 0.315. The molecule has 0 bridgehead atoms. The molecule has 0 aromatic heterocycles. The van der Waals surface area contributed by atoms with Crippen LogP contribution >= 0.6 is 24.0 Å². The Labute approximate surface area is 160 Å². The molecule has 0 aliphatic rings. The molecular weight excluding hydrogens is 429 g/mol. The van der Waals surface area contributed by atoms with Gasteiger partial charge < -0.3 is 30.7 Å². The summed E-state index contributed by atoms with van der Waals surface area (Å²) >= 11 is 0. The van der Waals surface area contributed by atoms with Crippen molar-refractivity contribution in [2.75, 3.05) is 46.9 Å². The molecule has 10 heteroatoms. The van der Waals surface area contributed by atoms with Crippen LogP contribution in [0.3, 0.4) is 0 Å². The minimum absolute atomic E-state index is 0. The first-order chi connectivity index (χ1) is 10.8. The zero-order valence-corrected chi connectivity index (χ0v) is 17.4. The number of nitrogens with zero attached hydrogens (tertiary/aromatic N) is 1. The number of methoxy groups -OCH3 is 1. The summed E-state index contributed by atoms with van der Waals surface area (Å²) < 4.78 is 9.95. The molecule has 0 fully saturated rings. The molecule has 0 aliphatic carbocycles. The minimum atomic E-state index is -0.523. The van der Waals surface area contributed by atoms with Crippen LogP contribution in [0.25, 0.3) is 0 Å². The summed E-state index contributed by atoms with van der Waals surface area (Å²) in [4.78, 5) is 26.9. The average molecular weight is 459 g/mol. The smallest absolute Gasteiger partial charge is 0.407 e. The number of guanidine groups is 1. The molecule has 0 spiro atoms. The van der Waals surface area contributed by atoms with Gasteiger partial charge in [-0.1, -0.05) is 0 Å². The molecule has 0 atom stereocenters. The number of hydrogen-bond acceptors (Lipinski definition) is 5. The van der Waals surface area contributed by atoms with Crippen molar-refractivity contribution in [1.29, 1.82) is 0 Å². The van der Waals surface area contributed by atoms with Crippen LogP contribution in [0.5, 0.6) is 0 Å². The predicted octanol–water partition coefficient (Wildman–Crippen LogP) is 0.0567. The standard InChI is InChI=1S/C14H29N5O4.HI/c1-14(2,3)23-13(21)18-7-6-17-12(15-4)19-10-11(20)16-8-9-22-5;/h6-10H2,1-5H3,(H,16,20)(H,18,21)(H2,15,17,19);1H. The Morgan fingerprint density at radius 2 is 1.62 bits per heavy atom. The highest BCUT2D eigenvalue weighted by molar-refractivity contribution is 14.0. The third-order valence-electron chi connectivity index (χ3n) is 2.35. The van der Waals surface area contributed by atoms with Gasteiger partial charge in [-0.3, -0.25) is 9.79 Å². The van der Waals surface area contributed by atoms with Crippen LogP contribution in [-0.2, 0) is 14.3 Å². The molecule has 2 amide bonds. The number of nitrogens with one attached hydrogen (secondary N) is 4. The van der Waals surface area contributed by atoms with Gasteiger partial charge in [-0.25, -0.2) is 4.79 Å². The number of hydrogen-bond donors (Lipinski definition) is 4. The highest BCUT2D eigenvalue weighted by Crippen LogP contribution is 2.05. The van der Waals surface area contributed by atoms with Gasteiger partial charge in [0.2, 0.25) is 5.91 Å². The fourth-order valence-corrected chi connectivity index (χ4v) is 1.40. The molecule has 0 aliphatic heterocycles. The van der Waals surface area contributed by atoms with Gasteiger partial charge in [0, 0.05) is 33.8 Å². The van der Waals surface area contributed by atoms with Crippen LogP contribution in [0.4, 0.5) is 4.79 Å². The molecule has 0 radical (unpaired) electrons. The van der Waals surface area contributed by atoms with Gasteiger partial charge in [-0.15, -0.1) is 24.0 Å². The highest BCUT2D eigenvalue weighted by atomic mass is 127. The first-order valence-electron chi connectivity index (χ1n) is 7.45. The molecule has 9 nitrogen and oxygen atoms in total. The van der Waals surface area contributed by atoms with E-state index in [9.17, 15) is 9.59 Å². The van der Waals surface area contributed by atoms with E-state index in [0.717, 1.165) is 0 Å². The van der Waals surface area contributed by atoms with E-state index in [-0.39, 0.29) is 36.4 Å². The van der Waals surface area contributed by atoms with E-state index in [2.05, 4.69) is 26.3 Å². The molecule has 0 unspecified atom stereocenters. The van der Waals surface area contributed by atoms with E-state index in [1.807, 2.05) is 0 Å². The van der Waals surface area contributed by atoms with E-state index >= 15 is 0 Å². The number of amides is 2. The lowest BCUT2D eigenvalue weighted by Gasteiger charge is -2.19. The molecule has 24 heavy (non-hydrogen) atoms. The van der Waals surface area contributed by atoms with Crippen molar-refractivity contribution < 1.29 is 19.1 Å². The van der Waals surface area contributed by atoms with E-state index in [4.69, 9.17) is 9.47 Å². The van der Waals surface area contributed by atoms with E-state index in [1.54, 1.807) is 34.9 Å². The van der Waals surface area contributed by atoms with Gasteiger partial charge in [0.05, 0.1) is 13.2 Å². The molecule has 0 aromatic carbocycles. The molecule has 4 N–H and O–H groups in total.